The molecule has 1 unspecified atom stereocenters. The van der Waals surface area contributed by atoms with Crippen molar-refractivity contribution < 1.29 is 4.74 Å². The summed E-state index contributed by atoms with van der Waals surface area (Å²) in [5.41, 5.74) is 4.98. The molecule has 2 aromatic rings. The topological polar surface area (TPSA) is 68.1 Å². The molecule has 2 aliphatic rings. The predicted octanol–water partition coefficient (Wildman–Crippen LogP) is 2.39. The van der Waals surface area contributed by atoms with Crippen molar-refractivity contribution in [3.05, 3.63) is 27.2 Å². The molecule has 122 valence electrons. The Labute approximate surface area is 143 Å². The van der Waals surface area contributed by atoms with E-state index in [1.165, 1.54) is 27.2 Å². The predicted molar refractivity (Wildman–Crippen MR) is 90.3 cm³/mol. The van der Waals surface area contributed by atoms with Crippen molar-refractivity contribution in [1.82, 2.24) is 20.2 Å². The molecule has 1 atom stereocenters. The summed E-state index contributed by atoms with van der Waals surface area (Å²) in [5.74, 6) is 0.651. The van der Waals surface area contributed by atoms with Crippen molar-refractivity contribution >= 4 is 27.6 Å². The van der Waals surface area contributed by atoms with E-state index in [-0.39, 0.29) is 6.04 Å². The van der Waals surface area contributed by atoms with E-state index < -0.39 is 0 Å². The van der Waals surface area contributed by atoms with Crippen LogP contribution >= 0.6 is 15.9 Å². The van der Waals surface area contributed by atoms with Gasteiger partial charge in [-0.3, -0.25) is 0 Å². The number of hydrogen-bond donors (Lipinski definition) is 1. The third-order valence-corrected chi connectivity index (χ3v) is 5.47. The number of nitrogens with zero attached hydrogens (tertiary/aromatic N) is 5. The smallest absolute Gasteiger partial charge is 0.266 e. The zero-order valence-electron chi connectivity index (χ0n) is 13.2. The van der Waals surface area contributed by atoms with Crippen LogP contribution in [0.4, 0.5) is 11.6 Å². The maximum absolute atomic E-state index is 5.62. The average molecular weight is 379 g/mol. The van der Waals surface area contributed by atoms with Crippen LogP contribution in [-0.2, 0) is 25.0 Å². The number of halogens is 1. The first-order chi connectivity index (χ1) is 11.1. The Hall–Kier alpha value is -1.67. The number of anilines is 2. The van der Waals surface area contributed by atoms with Crippen LogP contribution in [0.15, 0.2) is 10.5 Å². The number of benzene rings is 1. The number of rotatable bonds is 2. The van der Waals surface area contributed by atoms with Crippen molar-refractivity contribution in [2.75, 3.05) is 23.8 Å². The number of fused-ring (bicyclic) bond motifs is 2. The van der Waals surface area contributed by atoms with Gasteiger partial charge in [0.1, 0.15) is 0 Å². The average Bonchev–Trinajstić information content (AvgIpc) is 3.12. The highest BCUT2D eigenvalue weighted by atomic mass is 79.9. The molecule has 0 spiro atoms. The fourth-order valence-electron chi connectivity index (χ4n) is 3.38. The minimum absolute atomic E-state index is 0.214. The molecule has 1 N–H and O–H groups in total. The van der Waals surface area contributed by atoms with Crippen LogP contribution in [0.25, 0.3) is 0 Å². The van der Waals surface area contributed by atoms with Crippen LogP contribution in [0.2, 0.25) is 0 Å². The van der Waals surface area contributed by atoms with E-state index in [1.807, 2.05) is 7.05 Å². The van der Waals surface area contributed by atoms with Crippen molar-refractivity contribution in [2.45, 2.75) is 32.1 Å². The monoisotopic (exact) mass is 378 g/mol. The van der Waals surface area contributed by atoms with Crippen molar-refractivity contribution in [3.63, 3.8) is 0 Å². The minimum Gasteiger partial charge on any atom is -0.384 e. The molecule has 1 aromatic carbocycles. The Morgan fingerprint density at radius 3 is 3.09 bits per heavy atom. The largest absolute Gasteiger partial charge is 0.384 e. The lowest BCUT2D eigenvalue weighted by atomic mass is 9.96. The molecule has 7 nitrogen and oxygen atoms in total. The molecule has 8 heteroatoms. The molecule has 0 saturated heterocycles. The number of nitrogens with one attached hydrogen (secondary N) is 1. The van der Waals surface area contributed by atoms with Crippen molar-refractivity contribution in [2.24, 2.45) is 7.05 Å². The standard InChI is InChI=1S/C15H19BrN6O/c1-21(15-18-20-22(2)19-15)12-4-3-5-17-14-10(12)6-9-7-23-8-11(9)13(14)16/h6,12,17H,3-5,7-8H2,1-2H3. The van der Waals surface area contributed by atoms with Gasteiger partial charge in [-0.1, -0.05) is 5.10 Å². The lowest BCUT2D eigenvalue weighted by Gasteiger charge is -2.28. The summed E-state index contributed by atoms with van der Waals surface area (Å²) in [6.07, 6.45) is 2.14. The normalized spacial score (nSPS) is 19.7. The van der Waals surface area contributed by atoms with E-state index in [0.29, 0.717) is 19.2 Å². The van der Waals surface area contributed by atoms with Gasteiger partial charge in [-0.05, 0) is 56.7 Å². The SMILES string of the molecule is CN(c1nnn(C)n1)C1CCCNc2c1cc1c(c2Br)COC1. The summed E-state index contributed by atoms with van der Waals surface area (Å²) < 4.78 is 6.75. The highest BCUT2D eigenvalue weighted by molar-refractivity contribution is 9.10. The second kappa shape index (κ2) is 5.76. The van der Waals surface area contributed by atoms with Gasteiger partial charge in [0.2, 0.25) is 0 Å². The number of hydrogen-bond acceptors (Lipinski definition) is 6. The minimum atomic E-state index is 0.214. The van der Waals surface area contributed by atoms with Gasteiger partial charge in [0.15, 0.2) is 0 Å². The highest BCUT2D eigenvalue weighted by Crippen LogP contribution is 2.43. The van der Waals surface area contributed by atoms with Crippen molar-refractivity contribution in [1.29, 1.82) is 0 Å². The molecule has 1 aromatic heterocycles. The van der Waals surface area contributed by atoms with E-state index in [0.717, 1.165) is 23.9 Å². The molecule has 0 bridgehead atoms. The van der Waals surface area contributed by atoms with E-state index in [9.17, 15) is 0 Å². The molecule has 23 heavy (non-hydrogen) atoms. The van der Waals surface area contributed by atoms with Gasteiger partial charge in [-0.15, -0.1) is 5.10 Å². The first-order valence-corrected chi connectivity index (χ1v) is 8.57. The maximum Gasteiger partial charge on any atom is 0.266 e. The van der Waals surface area contributed by atoms with Gasteiger partial charge >= 0.3 is 0 Å². The highest BCUT2D eigenvalue weighted by Gasteiger charge is 2.29. The Balaban J connectivity index is 1.79. The Kier molecular flexibility index (Phi) is 3.73. The van der Waals surface area contributed by atoms with Crippen LogP contribution in [0.1, 0.15) is 35.6 Å². The third kappa shape index (κ3) is 2.49. The Bertz CT molecular complexity index is 746. The molecule has 4 rings (SSSR count). The number of ether oxygens (including phenoxy) is 1. The van der Waals surface area contributed by atoms with Gasteiger partial charge in [-0.2, -0.15) is 4.80 Å². The van der Waals surface area contributed by atoms with Gasteiger partial charge in [-0.25, -0.2) is 0 Å². The summed E-state index contributed by atoms with van der Waals surface area (Å²) in [6.45, 7) is 2.32. The number of aromatic nitrogens is 4. The van der Waals surface area contributed by atoms with Crippen LogP contribution < -0.4 is 10.2 Å². The molecule has 2 aliphatic heterocycles. The molecule has 0 saturated carbocycles. The third-order valence-electron chi connectivity index (χ3n) is 4.59. The second-order valence-corrected chi connectivity index (χ2v) is 6.85. The summed E-state index contributed by atoms with van der Waals surface area (Å²) in [5, 5.41) is 16.0. The quantitative estimate of drug-likeness (QED) is 0.864. The number of tetrazole rings is 1. The molecule has 0 fully saturated rings. The summed E-state index contributed by atoms with van der Waals surface area (Å²) in [7, 11) is 3.82. The summed E-state index contributed by atoms with van der Waals surface area (Å²) in [4.78, 5) is 3.61. The Morgan fingerprint density at radius 2 is 2.30 bits per heavy atom. The molecule has 0 aliphatic carbocycles. The number of aryl methyl sites for hydroxylation is 1. The zero-order valence-corrected chi connectivity index (χ0v) is 14.8. The van der Waals surface area contributed by atoms with Crippen molar-refractivity contribution in [3.8, 4) is 0 Å². The lowest BCUT2D eigenvalue weighted by molar-refractivity contribution is 0.134. The fourth-order valence-corrected chi connectivity index (χ4v) is 4.12. The molecule has 3 heterocycles. The summed E-state index contributed by atoms with van der Waals surface area (Å²) in [6, 6.07) is 2.49. The van der Waals surface area contributed by atoms with Gasteiger partial charge < -0.3 is 15.0 Å². The van der Waals surface area contributed by atoms with Gasteiger partial charge in [0.25, 0.3) is 5.95 Å². The molecular weight excluding hydrogens is 360 g/mol. The van der Waals surface area contributed by atoms with Crippen LogP contribution in [0.3, 0.4) is 0 Å². The van der Waals surface area contributed by atoms with E-state index >= 15 is 0 Å². The van der Waals surface area contributed by atoms with Crippen LogP contribution in [-0.4, -0.2) is 33.8 Å². The zero-order chi connectivity index (χ0) is 16.0. The van der Waals surface area contributed by atoms with Crippen LogP contribution in [0.5, 0.6) is 0 Å². The van der Waals surface area contributed by atoms with E-state index in [4.69, 9.17) is 4.74 Å². The lowest BCUT2D eigenvalue weighted by Crippen LogP contribution is -2.25. The first kappa shape index (κ1) is 14.9. The van der Waals surface area contributed by atoms with E-state index in [1.54, 1.807) is 7.05 Å². The summed E-state index contributed by atoms with van der Waals surface area (Å²) >= 11 is 3.78. The van der Waals surface area contributed by atoms with Gasteiger partial charge in [0, 0.05) is 18.1 Å². The van der Waals surface area contributed by atoms with Crippen LogP contribution in [0, 0.1) is 0 Å². The molecule has 0 amide bonds. The maximum atomic E-state index is 5.62. The molecular formula is C15H19BrN6O. The second-order valence-electron chi connectivity index (χ2n) is 6.06. The Morgan fingerprint density at radius 1 is 1.43 bits per heavy atom. The molecule has 0 radical (unpaired) electrons. The van der Waals surface area contributed by atoms with E-state index in [2.05, 4.69) is 47.6 Å². The fraction of sp³-hybridized carbons (Fsp3) is 0.533. The first-order valence-electron chi connectivity index (χ1n) is 7.77. The van der Waals surface area contributed by atoms with Gasteiger partial charge in [0.05, 0.1) is 32.0 Å².